The van der Waals surface area contributed by atoms with Crippen molar-refractivity contribution < 1.29 is 0 Å². The minimum atomic E-state index is -1.26. The third-order valence-corrected chi connectivity index (χ3v) is 17.9. The maximum absolute atomic E-state index is 5.54. The van der Waals surface area contributed by atoms with Crippen LogP contribution < -0.4 is 8.70 Å². The standard InChI is InChI=1S/C15H16AsNSSe/c1-17(2)15(18)19-16(13-9-5-3-6-10-13)14-11-7-4-8-12-14/h3-12H,1-2H3. The van der Waals surface area contributed by atoms with Crippen LogP contribution in [0, 0.1) is 0 Å². The van der Waals surface area contributed by atoms with Crippen molar-refractivity contribution in [2.75, 3.05) is 14.1 Å². The van der Waals surface area contributed by atoms with E-state index in [1.165, 1.54) is 8.70 Å². The van der Waals surface area contributed by atoms with Crippen LogP contribution in [0.25, 0.3) is 0 Å². The van der Waals surface area contributed by atoms with Gasteiger partial charge in [-0.25, -0.2) is 0 Å². The van der Waals surface area contributed by atoms with Crippen molar-refractivity contribution in [3.05, 3.63) is 60.7 Å². The third-order valence-electron chi connectivity index (χ3n) is 2.52. The fraction of sp³-hybridized carbons (Fsp3) is 0.133. The van der Waals surface area contributed by atoms with Gasteiger partial charge in [0.1, 0.15) is 0 Å². The Bertz CT molecular complexity index is 491. The summed E-state index contributed by atoms with van der Waals surface area (Å²) >= 11 is 4.66. The first kappa shape index (κ1) is 14.8. The fourth-order valence-corrected chi connectivity index (χ4v) is 15.6. The van der Waals surface area contributed by atoms with Gasteiger partial charge in [-0.05, 0) is 0 Å². The number of benzene rings is 2. The van der Waals surface area contributed by atoms with E-state index in [1.54, 1.807) is 0 Å². The summed E-state index contributed by atoms with van der Waals surface area (Å²) in [5, 5.41) is 0. The van der Waals surface area contributed by atoms with Gasteiger partial charge >= 0.3 is 130 Å². The van der Waals surface area contributed by atoms with Crippen LogP contribution in [0.3, 0.4) is 0 Å². The predicted octanol–water partition coefficient (Wildman–Crippen LogP) is 1.34. The van der Waals surface area contributed by atoms with Crippen LogP contribution in [0.2, 0.25) is 0 Å². The van der Waals surface area contributed by atoms with Crippen LogP contribution in [0.15, 0.2) is 60.7 Å². The van der Waals surface area contributed by atoms with Gasteiger partial charge in [-0.3, -0.25) is 0 Å². The van der Waals surface area contributed by atoms with Crippen LogP contribution in [0.1, 0.15) is 0 Å². The number of rotatable bonds is 4. The summed E-state index contributed by atoms with van der Waals surface area (Å²) in [6.45, 7) is 0. The normalized spacial score (nSPS) is 10.5. The van der Waals surface area contributed by atoms with Crippen molar-refractivity contribution in [3.63, 3.8) is 0 Å². The van der Waals surface area contributed by atoms with E-state index in [0.29, 0.717) is 13.0 Å². The summed E-state index contributed by atoms with van der Waals surface area (Å²) in [4.78, 5) is 2.09. The molecule has 0 unspecified atom stereocenters. The van der Waals surface area contributed by atoms with E-state index in [0.717, 1.165) is 3.89 Å². The summed E-state index contributed by atoms with van der Waals surface area (Å²) in [6, 6.07) is 21.7. The molecule has 19 heavy (non-hydrogen) atoms. The Morgan fingerprint density at radius 3 is 1.68 bits per heavy atom. The van der Waals surface area contributed by atoms with Crippen LogP contribution in [-0.2, 0) is 0 Å². The van der Waals surface area contributed by atoms with E-state index in [2.05, 4.69) is 65.6 Å². The number of nitrogens with zero attached hydrogens (tertiary/aromatic N) is 1. The zero-order valence-corrected chi connectivity index (χ0v) is 15.4. The van der Waals surface area contributed by atoms with Crippen molar-refractivity contribution in [3.8, 4) is 0 Å². The summed E-state index contributed by atoms with van der Waals surface area (Å²) in [6.07, 6.45) is 0. The van der Waals surface area contributed by atoms with E-state index in [4.69, 9.17) is 12.2 Å². The quantitative estimate of drug-likeness (QED) is 0.567. The molecule has 98 valence electrons. The van der Waals surface area contributed by atoms with Gasteiger partial charge in [0.05, 0.1) is 0 Å². The molecule has 0 amide bonds. The van der Waals surface area contributed by atoms with Gasteiger partial charge in [-0.15, -0.1) is 0 Å². The molecule has 0 heterocycles. The van der Waals surface area contributed by atoms with Crippen LogP contribution in [-0.4, -0.2) is 48.6 Å². The van der Waals surface area contributed by atoms with Gasteiger partial charge in [0.25, 0.3) is 0 Å². The Labute approximate surface area is 129 Å². The molecule has 0 saturated heterocycles. The Kier molecular flexibility index (Phi) is 5.66. The first-order valence-corrected chi connectivity index (χ1v) is 13.9. The SMILES string of the molecule is CN(C)C(=S)[Se][As](c1ccccc1)c1ccccc1. The van der Waals surface area contributed by atoms with Crippen molar-refractivity contribution in [2.24, 2.45) is 0 Å². The Balaban J connectivity index is 2.32. The second-order valence-corrected chi connectivity index (χ2v) is 15.8. The van der Waals surface area contributed by atoms with Crippen molar-refractivity contribution in [1.29, 1.82) is 0 Å². The molecule has 0 radical (unpaired) electrons. The maximum atomic E-state index is 5.54. The molecule has 2 aromatic rings. The molecule has 2 aromatic carbocycles. The molecule has 0 saturated carbocycles. The van der Waals surface area contributed by atoms with Crippen LogP contribution in [0.5, 0.6) is 0 Å². The average molecular weight is 396 g/mol. The van der Waals surface area contributed by atoms with E-state index in [-0.39, 0.29) is 0 Å². The molecule has 0 bridgehead atoms. The zero-order valence-electron chi connectivity index (χ0n) is 11.0. The zero-order chi connectivity index (χ0) is 13.7. The summed E-state index contributed by atoms with van der Waals surface area (Å²) in [5.74, 6) is 0. The van der Waals surface area contributed by atoms with E-state index < -0.39 is 12.8 Å². The summed E-state index contributed by atoms with van der Waals surface area (Å²) in [7, 11) is 4.10. The molecule has 0 aliphatic heterocycles. The topological polar surface area (TPSA) is 3.24 Å². The molecule has 0 aliphatic rings. The molecular formula is C15H16AsNSSe. The number of thiocarbonyl (C=S) groups is 1. The molecule has 0 aromatic heterocycles. The Hall–Kier alpha value is -0.592. The second-order valence-electron chi connectivity index (χ2n) is 4.22. The van der Waals surface area contributed by atoms with E-state index in [1.807, 2.05) is 14.1 Å². The van der Waals surface area contributed by atoms with Gasteiger partial charge in [-0.2, -0.15) is 0 Å². The average Bonchev–Trinajstić information content (AvgIpc) is 2.46. The number of hydrogen-bond donors (Lipinski definition) is 0. The van der Waals surface area contributed by atoms with Gasteiger partial charge in [0.2, 0.25) is 0 Å². The Morgan fingerprint density at radius 1 is 0.895 bits per heavy atom. The first-order valence-electron chi connectivity index (χ1n) is 5.98. The van der Waals surface area contributed by atoms with Crippen molar-refractivity contribution >= 4 is 50.5 Å². The van der Waals surface area contributed by atoms with Crippen LogP contribution in [0.4, 0.5) is 0 Å². The van der Waals surface area contributed by atoms with Gasteiger partial charge < -0.3 is 0 Å². The van der Waals surface area contributed by atoms with Crippen molar-refractivity contribution in [2.45, 2.75) is 0 Å². The summed E-state index contributed by atoms with van der Waals surface area (Å²) in [5.41, 5.74) is 0. The molecule has 0 spiro atoms. The summed E-state index contributed by atoms with van der Waals surface area (Å²) < 4.78 is 4.09. The number of hydrogen-bond acceptors (Lipinski definition) is 1. The van der Waals surface area contributed by atoms with Gasteiger partial charge in [-0.1, -0.05) is 0 Å². The van der Waals surface area contributed by atoms with Crippen LogP contribution >= 0.6 is 12.2 Å². The molecule has 2 rings (SSSR count). The second kappa shape index (κ2) is 7.26. The molecular weight excluding hydrogens is 380 g/mol. The predicted molar refractivity (Wildman–Crippen MR) is 89.9 cm³/mol. The first-order chi connectivity index (χ1) is 9.18. The molecule has 4 heteroatoms. The van der Waals surface area contributed by atoms with Crippen molar-refractivity contribution in [1.82, 2.24) is 4.90 Å². The molecule has 0 atom stereocenters. The molecule has 1 nitrogen and oxygen atoms in total. The van der Waals surface area contributed by atoms with E-state index in [9.17, 15) is 0 Å². The van der Waals surface area contributed by atoms with Gasteiger partial charge in [0, 0.05) is 0 Å². The Morgan fingerprint density at radius 2 is 1.32 bits per heavy atom. The molecule has 0 fully saturated rings. The van der Waals surface area contributed by atoms with E-state index >= 15 is 0 Å². The van der Waals surface area contributed by atoms with Gasteiger partial charge in [0.15, 0.2) is 0 Å². The monoisotopic (exact) mass is 397 g/mol. The molecule has 0 N–H and O–H groups in total. The third kappa shape index (κ3) is 4.19. The molecule has 0 aliphatic carbocycles. The minimum absolute atomic E-state index is 0.383. The fourth-order valence-electron chi connectivity index (χ4n) is 1.54.